The van der Waals surface area contributed by atoms with Gasteiger partial charge in [-0.15, -0.1) is 0 Å². The number of likely N-dealkylation sites (N-methyl/N-ethyl adjacent to an activating group) is 1. The van der Waals surface area contributed by atoms with Gasteiger partial charge in [-0.3, -0.25) is 5.43 Å². The molecule has 0 heterocycles. The lowest BCUT2D eigenvalue weighted by atomic mass is 10.1. The van der Waals surface area contributed by atoms with Crippen LogP contribution in [0.1, 0.15) is 20.3 Å². The average Bonchev–Trinajstić information content (AvgIpc) is 2.24. The van der Waals surface area contributed by atoms with E-state index in [1.165, 1.54) is 0 Å². The molecule has 5 nitrogen and oxygen atoms in total. The molecule has 0 radical (unpaired) electrons. The number of aliphatic hydroxyl groups is 1. The van der Waals surface area contributed by atoms with Crippen molar-refractivity contribution in [3.05, 3.63) is 0 Å². The first-order chi connectivity index (χ1) is 7.47. The van der Waals surface area contributed by atoms with Crippen molar-refractivity contribution >= 4 is 17.3 Å². The van der Waals surface area contributed by atoms with Gasteiger partial charge in [0.05, 0.1) is 6.10 Å². The highest BCUT2D eigenvalue weighted by molar-refractivity contribution is 7.80. The monoisotopic (exact) mass is 248 g/mol. The smallest absolute Gasteiger partial charge is 0.180 e. The summed E-state index contributed by atoms with van der Waals surface area (Å²) in [6, 6.07) is -0.0291. The van der Waals surface area contributed by atoms with Gasteiger partial charge in [0.15, 0.2) is 5.11 Å². The highest BCUT2D eigenvalue weighted by Crippen LogP contribution is 1.95. The van der Waals surface area contributed by atoms with Gasteiger partial charge in [0, 0.05) is 19.1 Å². The van der Waals surface area contributed by atoms with E-state index in [9.17, 15) is 5.11 Å². The van der Waals surface area contributed by atoms with Gasteiger partial charge in [-0.05, 0) is 39.7 Å². The minimum absolute atomic E-state index is 0.0291. The van der Waals surface area contributed by atoms with Gasteiger partial charge in [0.25, 0.3) is 0 Å². The van der Waals surface area contributed by atoms with E-state index in [1.807, 2.05) is 27.9 Å². The van der Waals surface area contributed by atoms with Gasteiger partial charge in [-0.1, -0.05) is 6.92 Å². The van der Waals surface area contributed by atoms with Gasteiger partial charge in [-0.2, -0.15) is 0 Å². The van der Waals surface area contributed by atoms with Gasteiger partial charge < -0.3 is 15.3 Å². The SMILES string of the molecule is CCC(O)C(C)NNC(=S)NCCN(C)C. The van der Waals surface area contributed by atoms with E-state index >= 15 is 0 Å². The number of hydrogen-bond acceptors (Lipinski definition) is 4. The molecule has 0 aromatic carbocycles. The van der Waals surface area contributed by atoms with Crippen LogP contribution in [0.5, 0.6) is 0 Å². The number of aliphatic hydroxyl groups excluding tert-OH is 1. The summed E-state index contributed by atoms with van der Waals surface area (Å²) in [6.07, 6.45) is 0.355. The Labute approximate surface area is 104 Å². The quantitative estimate of drug-likeness (QED) is 0.366. The lowest BCUT2D eigenvalue weighted by molar-refractivity contribution is 0.127. The maximum Gasteiger partial charge on any atom is 0.180 e. The molecule has 16 heavy (non-hydrogen) atoms. The molecular weight excluding hydrogens is 224 g/mol. The molecule has 0 saturated carbocycles. The molecule has 2 unspecified atom stereocenters. The highest BCUT2D eigenvalue weighted by Gasteiger charge is 2.10. The van der Waals surface area contributed by atoms with Crippen molar-refractivity contribution in [1.82, 2.24) is 21.1 Å². The van der Waals surface area contributed by atoms with Crippen LogP contribution in [0.25, 0.3) is 0 Å². The van der Waals surface area contributed by atoms with E-state index in [2.05, 4.69) is 21.1 Å². The molecule has 0 aromatic rings. The van der Waals surface area contributed by atoms with Crippen LogP contribution in [0.15, 0.2) is 0 Å². The summed E-state index contributed by atoms with van der Waals surface area (Å²) < 4.78 is 0. The third-order valence-corrected chi connectivity index (χ3v) is 2.50. The predicted molar refractivity (Wildman–Crippen MR) is 71.2 cm³/mol. The molecule has 4 N–H and O–H groups in total. The Kier molecular flexibility index (Phi) is 8.46. The standard InChI is InChI=1S/C10H24N4OS/c1-5-9(15)8(2)12-13-10(16)11-6-7-14(3)4/h8-9,12,15H,5-7H2,1-4H3,(H2,11,13,16). The molecule has 6 heteroatoms. The van der Waals surface area contributed by atoms with Crippen LogP contribution in [-0.2, 0) is 0 Å². The summed E-state index contributed by atoms with van der Waals surface area (Å²) in [7, 11) is 4.02. The van der Waals surface area contributed by atoms with Gasteiger partial charge in [0.1, 0.15) is 0 Å². The van der Waals surface area contributed by atoms with E-state index in [0.717, 1.165) is 19.5 Å². The van der Waals surface area contributed by atoms with Crippen LogP contribution in [0, 0.1) is 0 Å². The Bertz CT molecular complexity index is 201. The second kappa shape index (κ2) is 8.69. The fraction of sp³-hybridized carbons (Fsp3) is 0.900. The zero-order chi connectivity index (χ0) is 12.6. The molecule has 2 atom stereocenters. The molecule has 0 aromatic heterocycles. The van der Waals surface area contributed by atoms with Crippen LogP contribution in [0.4, 0.5) is 0 Å². The lowest BCUT2D eigenvalue weighted by Crippen LogP contribution is -2.51. The van der Waals surface area contributed by atoms with E-state index in [4.69, 9.17) is 12.2 Å². The molecule has 0 fully saturated rings. The van der Waals surface area contributed by atoms with Gasteiger partial charge >= 0.3 is 0 Å². The Balaban J connectivity index is 3.57. The van der Waals surface area contributed by atoms with Crippen LogP contribution >= 0.6 is 12.2 Å². The predicted octanol–water partition coefficient (Wildman–Crippen LogP) is -0.324. The number of thiocarbonyl (C=S) groups is 1. The largest absolute Gasteiger partial charge is 0.391 e. The maximum absolute atomic E-state index is 9.52. The summed E-state index contributed by atoms with van der Waals surface area (Å²) >= 11 is 5.06. The molecular formula is C10H24N4OS. The van der Waals surface area contributed by atoms with Crippen LogP contribution in [-0.4, -0.2) is 54.4 Å². The molecule has 0 amide bonds. The minimum Gasteiger partial charge on any atom is -0.391 e. The van der Waals surface area contributed by atoms with Crippen LogP contribution in [0.2, 0.25) is 0 Å². The molecule has 0 aliphatic carbocycles. The summed E-state index contributed by atoms with van der Waals surface area (Å²) in [4.78, 5) is 2.08. The van der Waals surface area contributed by atoms with Crippen molar-refractivity contribution in [2.75, 3.05) is 27.2 Å². The molecule has 0 aliphatic rings. The fourth-order valence-corrected chi connectivity index (χ4v) is 1.23. The van der Waals surface area contributed by atoms with Crippen molar-refractivity contribution in [2.45, 2.75) is 32.4 Å². The van der Waals surface area contributed by atoms with Crippen molar-refractivity contribution in [3.8, 4) is 0 Å². The number of nitrogens with one attached hydrogen (secondary N) is 3. The normalized spacial score (nSPS) is 14.6. The molecule has 0 rings (SSSR count). The van der Waals surface area contributed by atoms with Crippen molar-refractivity contribution in [2.24, 2.45) is 0 Å². The third-order valence-electron chi connectivity index (χ3n) is 2.25. The topological polar surface area (TPSA) is 59.6 Å². The highest BCUT2D eigenvalue weighted by atomic mass is 32.1. The average molecular weight is 248 g/mol. The Morgan fingerprint density at radius 2 is 2.06 bits per heavy atom. The summed E-state index contributed by atoms with van der Waals surface area (Å²) in [5.41, 5.74) is 5.82. The number of hydrazine groups is 1. The summed E-state index contributed by atoms with van der Waals surface area (Å²) in [5.74, 6) is 0. The molecule has 0 aliphatic heterocycles. The van der Waals surface area contributed by atoms with Crippen LogP contribution < -0.4 is 16.2 Å². The van der Waals surface area contributed by atoms with Crippen LogP contribution in [0.3, 0.4) is 0 Å². The van der Waals surface area contributed by atoms with Crippen molar-refractivity contribution in [3.63, 3.8) is 0 Å². The summed E-state index contributed by atoms with van der Waals surface area (Å²) in [5, 5.41) is 13.1. The third kappa shape index (κ3) is 7.81. The number of nitrogens with zero attached hydrogens (tertiary/aromatic N) is 1. The Morgan fingerprint density at radius 3 is 2.56 bits per heavy atom. The molecule has 0 saturated heterocycles. The second-order valence-corrected chi connectivity index (χ2v) is 4.50. The minimum atomic E-state index is -0.364. The fourth-order valence-electron chi connectivity index (χ4n) is 1.07. The molecule has 0 bridgehead atoms. The van der Waals surface area contributed by atoms with Crippen molar-refractivity contribution < 1.29 is 5.11 Å². The first-order valence-corrected chi connectivity index (χ1v) is 6.00. The number of hydrogen-bond donors (Lipinski definition) is 4. The summed E-state index contributed by atoms with van der Waals surface area (Å²) in [6.45, 7) is 5.57. The second-order valence-electron chi connectivity index (χ2n) is 4.09. The Morgan fingerprint density at radius 1 is 1.44 bits per heavy atom. The zero-order valence-corrected chi connectivity index (χ0v) is 11.4. The van der Waals surface area contributed by atoms with E-state index in [-0.39, 0.29) is 12.1 Å². The zero-order valence-electron chi connectivity index (χ0n) is 10.6. The first kappa shape index (κ1) is 15.6. The van der Waals surface area contributed by atoms with E-state index < -0.39 is 0 Å². The first-order valence-electron chi connectivity index (χ1n) is 5.59. The molecule has 96 valence electrons. The maximum atomic E-state index is 9.52. The molecule has 0 spiro atoms. The van der Waals surface area contributed by atoms with Crippen molar-refractivity contribution in [1.29, 1.82) is 0 Å². The Hall–Kier alpha value is -0.430. The number of rotatable bonds is 7. The lowest BCUT2D eigenvalue weighted by Gasteiger charge is -2.21. The van der Waals surface area contributed by atoms with Gasteiger partial charge in [0.2, 0.25) is 0 Å². The van der Waals surface area contributed by atoms with Gasteiger partial charge in [-0.25, -0.2) is 5.43 Å². The van der Waals surface area contributed by atoms with E-state index in [1.54, 1.807) is 0 Å². The van der Waals surface area contributed by atoms with E-state index in [0.29, 0.717) is 5.11 Å².